The molecule has 6 aromatic rings. The van der Waals surface area contributed by atoms with E-state index in [4.69, 9.17) is 4.74 Å². The Labute approximate surface area is 599 Å². The van der Waals surface area contributed by atoms with Crippen molar-refractivity contribution >= 4 is 28.0 Å². The maximum Gasteiger partial charge on any atom is 0.173 e. The summed E-state index contributed by atoms with van der Waals surface area (Å²) in [6.45, 7) is 3.77. The number of benzene rings is 5. The molecule has 2 aliphatic heterocycles. The monoisotopic (exact) mass is 1380 g/mol. The number of carbonyl (C=O) groups excluding carboxylic acids is 2. The lowest BCUT2D eigenvalue weighted by Gasteiger charge is -2.42. The minimum atomic E-state index is -1.97. The molecule has 0 spiro atoms. The number of fused-ring (bicyclic) bond motifs is 14. The van der Waals surface area contributed by atoms with Crippen LogP contribution in [-0.2, 0) is 35.3 Å². The largest absolute Gasteiger partial charge is 0.508 e. The fourth-order valence-corrected chi connectivity index (χ4v) is 19.4. The Bertz CT molecular complexity index is 4370. The molecule has 18 unspecified atom stereocenters. The molecule has 13 N–H and O–H groups in total. The summed E-state index contributed by atoms with van der Waals surface area (Å²) in [5.74, 6) is 17.4. The minimum Gasteiger partial charge on any atom is -0.508 e. The predicted octanol–water partition coefficient (Wildman–Crippen LogP) is 10.6. The van der Waals surface area contributed by atoms with Gasteiger partial charge < -0.3 is 71.8 Å². The normalized spacial score (nSPS) is 31.3. The highest BCUT2D eigenvalue weighted by atomic mass is 16.5. The lowest BCUT2D eigenvalue weighted by molar-refractivity contribution is -0.142. The third-order valence-corrected chi connectivity index (χ3v) is 24.6. The van der Waals surface area contributed by atoms with Crippen LogP contribution in [-0.4, -0.2) is 122 Å². The number of aromatic nitrogens is 1. The number of aromatic amines is 1. The fourth-order valence-electron chi connectivity index (χ4n) is 19.4. The van der Waals surface area contributed by atoms with Crippen LogP contribution in [0.25, 0.3) is 10.8 Å². The third kappa shape index (κ3) is 15.1. The highest BCUT2D eigenvalue weighted by molar-refractivity contribution is 6.06. The first-order valence-electron chi connectivity index (χ1n) is 37.4. The van der Waals surface area contributed by atoms with Crippen LogP contribution in [0.5, 0.6) is 23.0 Å². The van der Waals surface area contributed by atoms with Crippen molar-refractivity contribution in [2.75, 3.05) is 45.7 Å². The number of ether oxygens (including phenoxy) is 1. The van der Waals surface area contributed by atoms with Gasteiger partial charge in [0.1, 0.15) is 17.3 Å². The van der Waals surface area contributed by atoms with E-state index in [1.54, 1.807) is 24.3 Å². The topological polar surface area (TPSA) is 269 Å². The van der Waals surface area contributed by atoms with Crippen LogP contribution in [0.1, 0.15) is 146 Å². The summed E-state index contributed by atoms with van der Waals surface area (Å²) in [5, 5.41) is 112. The minimum absolute atomic E-state index is 0.0253. The highest BCUT2D eigenvalue weighted by Gasteiger charge is 2.49. The number of hydrogen-bond donors (Lipinski definition) is 13. The average Bonchev–Trinajstić information content (AvgIpc) is 1.18. The molecule has 17 bridgehead atoms. The van der Waals surface area contributed by atoms with Crippen molar-refractivity contribution in [2.45, 2.75) is 152 Å². The Balaban J connectivity index is 1.04. The van der Waals surface area contributed by atoms with E-state index in [0.717, 1.165) is 70.2 Å². The molecule has 8 aliphatic rings. The second-order valence-electron chi connectivity index (χ2n) is 31.0. The van der Waals surface area contributed by atoms with E-state index in [9.17, 15) is 45.6 Å². The Hall–Kier alpha value is -8.34. The summed E-state index contributed by atoms with van der Waals surface area (Å²) < 4.78 is 5.75. The second kappa shape index (κ2) is 30.9. The number of phenols is 3. The van der Waals surface area contributed by atoms with Crippen LogP contribution in [0.3, 0.4) is 0 Å². The summed E-state index contributed by atoms with van der Waals surface area (Å²) >= 11 is 0. The number of phenolic OH excluding ortho intramolecular Hbond substituents is 3. The van der Waals surface area contributed by atoms with Crippen LogP contribution < -0.4 is 26.0 Å². The smallest absolute Gasteiger partial charge is 0.173 e. The van der Waals surface area contributed by atoms with E-state index in [-0.39, 0.29) is 78.3 Å². The number of anilines is 1. The number of hydrogen-bond acceptors (Lipinski definition) is 15. The third-order valence-electron chi connectivity index (χ3n) is 24.6. The Morgan fingerprint density at radius 2 is 1.56 bits per heavy atom. The first kappa shape index (κ1) is 70.7. The number of ketones is 2. The molecule has 3 fully saturated rings. The number of β-amino-alcohol motifs (C(OH)–C–C–N with tert-alkyl or cyclic N) is 1. The van der Waals surface area contributed by atoms with E-state index in [1.807, 2.05) is 67.8 Å². The van der Waals surface area contributed by atoms with E-state index < -0.39 is 83.5 Å². The Morgan fingerprint density at radius 3 is 2.38 bits per heavy atom. The van der Waals surface area contributed by atoms with Gasteiger partial charge in [0, 0.05) is 110 Å². The first-order chi connectivity index (χ1) is 49.4. The number of dihydropyridines is 1. The number of Topliss-reactive ketones (excluding diaryl/α,β-unsaturated/α-hetero) is 2. The molecule has 102 heavy (non-hydrogen) atoms. The van der Waals surface area contributed by atoms with Crippen LogP contribution in [0, 0.1) is 107 Å². The van der Waals surface area contributed by atoms with Gasteiger partial charge in [-0.3, -0.25) is 9.59 Å². The lowest BCUT2D eigenvalue weighted by Crippen LogP contribution is -2.40. The Kier molecular flexibility index (Phi) is 21.4. The molecule has 14 rings (SSSR count). The second-order valence-corrected chi connectivity index (χ2v) is 31.0. The summed E-state index contributed by atoms with van der Waals surface area (Å²) in [7, 11) is 3.40. The zero-order valence-electron chi connectivity index (χ0n) is 58.8. The van der Waals surface area contributed by atoms with Crippen molar-refractivity contribution in [3.05, 3.63) is 171 Å². The van der Waals surface area contributed by atoms with Crippen LogP contribution in [0.15, 0.2) is 126 Å². The van der Waals surface area contributed by atoms with Crippen molar-refractivity contribution in [3.63, 3.8) is 0 Å². The molecular weight excluding hydrogens is 1280 g/mol. The number of allylic oxidation sites excluding steroid dienone is 2. The zero-order valence-corrected chi connectivity index (χ0v) is 58.8. The molecule has 0 saturated heterocycles. The van der Waals surface area contributed by atoms with E-state index in [2.05, 4.69) is 93.0 Å². The summed E-state index contributed by atoms with van der Waals surface area (Å²) in [5.41, 5.74) is 8.80. The average molecular weight is 1380 g/mol. The standard InChI is InChI=1S/C86H99N5O11/c1-48-44-88-47-65(93)37-56-19-17-52-21-24-62(41-75(52)82(56)97)91-85-71-13-7-8-49-14-15-50(30-49)16-25-67(78(95)42-63-36-61(48)46-90-63)59-35-60-34-54-22-26-69(73-43-79(96)80(102-3)40-55(73)23-27-77(94)84(99)83(98)74(54)38-59)68-12-5-4-11-66(68)58-33-53(18-20-57(45-87-2)81(60)70(71)28-29-89-85)72(76(39-58)86(100)101)32-51-9-6-10-64(92)31-51/h4-6,9-12,17,19,21,24,28,31,36,40-41,43,46,48-50,53-54,57-60,65,67,69,72,74,76,78,81,84,86-93,95-97,99-101H,8,14-16,23,25,27,29-30,32-35,37-39,42,44-45,47H2,1-3H3. The van der Waals surface area contributed by atoms with Gasteiger partial charge in [0.25, 0.3) is 0 Å². The summed E-state index contributed by atoms with van der Waals surface area (Å²) in [4.78, 5) is 34.6. The SMILES string of the molecule is CNCC1C#CC2CC(CC(C(O)O)C2Cc2cccc(O)c2)c2ccccc2C2C#CC3CC4CC(CC3C(=O)C(O)C(=O)CCc3cc(OC)c(O)cc32)C2CCC3CCC(CC#CC5=C(NCC=C5C14)Nc1ccc4ccc(c(O)c4c1)CC(O)CNCC(C)c1c[nH]c(c1)CC2O)C3. The van der Waals surface area contributed by atoms with Gasteiger partial charge in [-0.2, -0.15) is 0 Å². The lowest BCUT2D eigenvalue weighted by atomic mass is 9.63. The number of nitrogens with one attached hydrogen (secondary N) is 5. The number of methoxy groups -OCH3 is 1. The number of rotatable bonds is 6. The first-order valence-corrected chi connectivity index (χ1v) is 37.4. The number of aryl methyl sites for hydroxylation is 1. The molecule has 0 radical (unpaired) electrons. The molecule has 3 heterocycles. The van der Waals surface area contributed by atoms with Gasteiger partial charge >= 0.3 is 0 Å². The number of aliphatic hydroxyl groups is 5. The molecule has 18 atom stereocenters. The van der Waals surface area contributed by atoms with Crippen molar-refractivity contribution in [1.29, 1.82) is 0 Å². The maximum absolute atomic E-state index is 16.1. The molecule has 0 amide bonds. The van der Waals surface area contributed by atoms with E-state index >= 15 is 4.79 Å². The van der Waals surface area contributed by atoms with Crippen LogP contribution in [0.4, 0.5) is 5.69 Å². The number of aromatic hydroxyl groups is 3. The molecule has 16 nitrogen and oxygen atoms in total. The van der Waals surface area contributed by atoms with Crippen LogP contribution in [0.2, 0.25) is 0 Å². The van der Waals surface area contributed by atoms with E-state index in [0.29, 0.717) is 123 Å². The Morgan fingerprint density at radius 1 is 0.745 bits per heavy atom. The van der Waals surface area contributed by atoms with Crippen molar-refractivity contribution in [1.82, 2.24) is 20.9 Å². The molecule has 16 heteroatoms. The quantitative estimate of drug-likeness (QED) is 0.0420. The van der Waals surface area contributed by atoms with Crippen molar-refractivity contribution < 1.29 is 55.2 Å². The molecule has 1 aromatic heterocycles. The van der Waals surface area contributed by atoms with Crippen LogP contribution >= 0.6 is 0 Å². The summed E-state index contributed by atoms with van der Waals surface area (Å²) in [6.07, 6.45) is 6.83. The number of carbonyl (C=O) groups is 2. The van der Waals surface area contributed by atoms with Gasteiger partial charge in [0.2, 0.25) is 0 Å². The molecule has 3 saturated carbocycles. The van der Waals surface area contributed by atoms with Gasteiger partial charge in [-0.05, 0) is 211 Å². The van der Waals surface area contributed by atoms with Gasteiger partial charge in [-0.15, -0.1) is 0 Å². The van der Waals surface area contributed by atoms with Gasteiger partial charge in [-0.25, -0.2) is 0 Å². The fraction of sp³-hybridized carbons (Fsp3) is 0.488. The zero-order chi connectivity index (χ0) is 70.9. The predicted molar refractivity (Wildman–Crippen MR) is 394 cm³/mol. The molecular formula is C86H99N5O11. The number of aliphatic hydroxyl groups excluding tert-OH is 4. The molecule has 534 valence electrons. The van der Waals surface area contributed by atoms with Crippen molar-refractivity contribution in [3.8, 4) is 58.5 Å². The maximum atomic E-state index is 16.1. The number of H-pyrrole nitrogens is 1. The summed E-state index contributed by atoms with van der Waals surface area (Å²) in [6, 6.07) is 30.6. The van der Waals surface area contributed by atoms with Crippen molar-refractivity contribution in [2.24, 2.45) is 71.0 Å². The van der Waals surface area contributed by atoms with E-state index in [1.165, 1.54) is 7.11 Å². The van der Waals surface area contributed by atoms with Gasteiger partial charge in [0.15, 0.2) is 35.5 Å². The van der Waals surface area contributed by atoms with Gasteiger partial charge in [0.05, 0.1) is 30.8 Å². The molecule has 5 aromatic carbocycles. The van der Waals surface area contributed by atoms with Gasteiger partial charge in [-0.1, -0.05) is 116 Å². The highest BCUT2D eigenvalue weighted by Crippen LogP contribution is 2.53. The molecule has 6 aliphatic carbocycles.